The summed E-state index contributed by atoms with van der Waals surface area (Å²) in [6.07, 6.45) is -0.213. The summed E-state index contributed by atoms with van der Waals surface area (Å²) in [4.78, 5) is 0. The Bertz CT molecular complexity index is 306. The van der Waals surface area contributed by atoms with Gasteiger partial charge in [-0.2, -0.15) is 0 Å². The summed E-state index contributed by atoms with van der Waals surface area (Å²) >= 11 is 5.87. The van der Waals surface area contributed by atoms with Gasteiger partial charge in [-0.1, -0.05) is 23.7 Å². The fraction of sp³-hybridized carbons (Fsp3) is 0.400. The van der Waals surface area contributed by atoms with Gasteiger partial charge in [0.05, 0.1) is 6.10 Å². The number of hydrogen-bond acceptors (Lipinski definition) is 2. The highest BCUT2D eigenvalue weighted by Gasteiger charge is 2.10. The zero-order chi connectivity index (χ0) is 10.6. The molecule has 1 atom stereocenters. The topological polar surface area (TPSA) is 46.2 Å². The zero-order valence-corrected chi connectivity index (χ0v) is 8.47. The smallest absolute Gasteiger partial charge is 0.115 e. The Morgan fingerprint density at radius 2 is 2.21 bits per heavy atom. The number of halogens is 2. The largest absolute Gasteiger partial charge is 0.388 e. The minimum Gasteiger partial charge on any atom is -0.388 e. The van der Waals surface area contributed by atoms with E-state index in [1.807, 2.05) is 0 Å². The number of hydrogen-bond donors (Lipinski definition) is 2. The van der Waals surface area contributed by atoms with Gasteiger partial charge in [0.25, 0.3) is 0 Å². The van der Waals surface area contributed by atoms with Gasteiger partial charge < -0.3 is 10.8 Å². The third-order valence-corrected chi connectivity index (χ3v) is 2.35. The molecule has 0 amide bonds. The van der Waals surface area contributed by atoms with E-state index in [2.05, 4.69) is 0 Å². The van der Waals surface area contributed by atoms with Crippen molar-refractivity contribution in [3.05, 3.63) is 34.3 Å². The molecule has 1 rings (SSSR count). The van der Waals surface area contributed by atoms with E-state index in [9.17, 15) is 9.50 Å². The molecule has 0 radical (unpaired) electrons. The van der Waals surface area contributed by atoms with Crippen LogP contribution in [0.4, 0.5) is 4.39 Å². The molecule has 1 unspecified atom stereocenters. The van der Waals surface area contributed by atoms with E-state index >= 15 is 0 Å². The van der Waals surface area contributed by atoms with E-state index in [0.29, 0.717) is 29.1 Å². The number of aliphatic hydroxyl groups excluding tert-OH is 1. The maximum absolute atomic E-state index is 12.2. The number of aliphatic hydroxyl groups is 1. The number of benzene rings is 1. The van der Waals surface area contributed by atoms with Gasteiger partial charge in [-0.15, -0.1) is 0 Å². The molecular weight excluding hydrogens is 205 g/mol. The number of nitrogens with two attached hydrogens (primary N) is 1. The third kappa shape index (κ3) is 2.67. The summed E-state index contributed by atoms with van der Waals surface area (Å²) in [5.74, 6) is 0. The van der Waals surface area contributed by atoms with Crippen molar-refractivity contribution in [2.75, 3.05) is 6.54 Å². The van der Waals surface area contributed by atoms with E-state index in [1.54, 1.807) is 12.1 Å². The number of rotatable bonds is 4. The second-order valence-electron chi connectivity index (χ2n) is 3.08. The molecule has 3 N–H and O–H groups in total. The summed E-state index contributed by atoms with van der Waals surface area (Å²) in [5, 5.41) is 10.00. The van der Waals surface area contributed by atoms with Gasteiger partial charge in [-0.3, -0.25) is 0 Å². The highest BCUT2D eigenvalue weighted by molar-refractivity contribution is 6.31. The van der Waals surface area contributed by atoms with Crippen LogP contribution in [0.2, 0.25) is 5.02 Å². The first-order chi connectivity index (χ1) is 6.69. The van der Waals surface area contributed by atoms with Crippen LogP contribution in [-0.2, 0) is 6.67 Å². The van der Waals surface area contributed by atoms with Crippen molar-refractivity contribution in [3.63, 3.8) is 0 Å². The van der Waals surface area contributed by atoms with Crippen LogP contribution in [0.3, 0.4) is 0 Å². The lowest BCUT2D eigenvalue weighted by molar-refractivity contribution is 0.170. The molecule has 0 aliphatic carbocycles. The van der Waals surface area contributed by atoms with Crippen LogP contribution < -0.4 is 5.73 Å². The van der Waals surface area contributed by atoms with Gasteiger partial charge in [0.1, 0.15) is 6.67 Å². The summed E-state index contributed by atoms with van der Waals surface area (Å²) in [5.41, 5.74) is 6.43. The van der Waals surface area contributed by atoms with Gasteiger partial charge in [0.15, 0.2) is 0 Å². The molecule has 0 spiro atoms. The van der Waals surface area contributed by atoms with E-state index in [-0.39, 0.29) is 0 Å². The van der Waals surface area contributed by atoms with Gasteiger partial charge in [-0.25, -0.2) is 4.39 Å². The predicted molar refractivity (Wildman–Crippen MR) is 54.9 cm³/mol. The Morgan fingerprint density at radius 1 is 1.50 bits per heavy atom. The molecule has 1 aromatic rings. The molecule has 0 saturated carbocycles. The summed E-state index contributed by atoms with van der Waals surface area (Å²) in [6.45, 7) is -0.157. The minimum absolute atomic E-state index is 0.390. The minimum atomic E-state index is -0.666. The molecule has 4 heteroatoms. The monoisotopic (exact) mass is 217 g/mol. The lowest BCUT2D eigenvalue weighted by Crippen LogP contribution is -2.07. The van der Waals surface area contributed by atoms with Crippen molar-refractivity contribution in [2.45, 2.75) is 19.2 Å². The molecule has 0 fully saturated rings. The quantitative estimate of drug-likeness (QED) is 0.812. The van der Waals surface area contributed by atoms with E-state index < -0.39 is 12.8 Å². The molecule has 78 valence electrons. The lowest BCUT2D eigenvalue weighted by atomic mass is 10.0. The molecule has 0 aromatic heterocycles. The van der Waals surface area contributed by atoms with Crippen molar-refractivity contribution < 1.29 is 9.50 Å². The van der Waals surface area contributed by atoms with Crippen molar-refractivity contribution in [3.8, 4) is 0 Å². The van der Waals surface area contributed by atoms with Gasteiger partial charge >= 0.3 is 0 Å². The molecule has 0 heterocycles. The highest BCUT2D eigenvalue weighted by atomic mass is 35.5. The normalized spacial score (nSPS) is 12.9. The van der Waals surface area contributed by atoms with Crippen LogP contribution in [0.1, 0.15) is 23.7 Å². The fourth-order valence-electron chi connectivity index (χ4n) is 1.24. The maximum Gasteiger partial charge on any atom is 0.115 e. The van der Waals surface area contributed by atoms with Crippen LogP contribution in [0.25, 0.3) is 0 Å². The lowest BCUT2D eigenvalue weighted by Gasteiger charge is -2.11. The van der Waals surface area contributed by atoms with E-state index in [1.165, 1.54) is 6.07 Å². The summed E-state index contributed by atoms with van der Waals surface area (Å²) in [6, 6.07) is 4.77. The second-order valence-corrected chi connectivity index (χ2v) is 3.49. The first-order valence-corrected chi connectivity index (χ1v) is 4.79. The molecule has 0 bridgehead atoms. The predicted octanol–water partition coefficient (Wildman–Crippen LogP) is 2.19. The van der Waals surface area contributed by atoms with Gasteiger partial charge in [0.2, 0.25) is 0 Å². The van der Waals surface area contributed by atoms with Crippen molar-refractivity contribution in [1.29, 1.82) is 0 Å². The van der Waals surface area contributed by atoms with Gasteiger partial charge in [0, 0.05) is 5.02 Å². The van der Waals surface area contributed by atoms with Crippen molar-refractivity contribution >= 4 is 11.6 Å². The van der Waals surface area contributed by atoms with Crippen LogP contribution in [0.15, 0.2) is 18.2 Å². The van der Waals surface area contributed by atoms with Gasteiger partial charge in [-0.05, 0) is 30.2 Å². The van der Waals surface area contributed by atoms with Crippen molar-refractivity contribution in [1.82, 2.24) is 0 Å². The Labute approximate surface area is 87.5 Å². The van der Waals surface area contributed by atoms with Crippen LogP contribution in [0.5, 0.6) is 0 Å². The third-order valence-electron chi connectivity index (χ3n) is 2.02. The van der Waals surface area contributed by atoms with Crippen LogP contribution >= 0.6 is 11.6 Å². The van der Waals surface area contributed by atoms with E-state index in [4.69, 9.17) is 17.3 Å². The zero-order valence-electron chi connectivity index (χ0n) is 7.71. The molecule has 1 aromatic carbocycles. The molecule has 14 heavy (non-hydrogen) atoms. The van der Waals surface area contributed by atoms with E-state index in [0.717, 1.165) is 0 Å². The Kier molecular flexibility index (Phi) is 4.32. The summed E-state index contributed by atoms with van der Waals surface area (Å²) in [7, 11) is 0. The molecule has 0 aliphatic heterocycles. The fourth-order valence-corrected chi connectivity index (χ4v) is 1.57. The van der Waals surface area contributed by atoms with Crippen LogP contribution in [-0.4, -0.2) is 11.7 Å². The summed E-state index contributed by atoms with van der Waals surface area (Å²) < 4.78 is 12.2. The molecule has 0 aliphatic rings. The first kappa shape index (κ1) is 11.4. The van der Waals surface area contributed by atoms with Crippen LogP contribution in [0, 0.1) is 0 Å². The second kappa shape index (κ2) is 5.29. The molecular formula is C10H13ClFNO. The molecule has 0 saturated heterocycles. The average Bonchev–Trinajstić information content (AvgIpc) is 2.17. The number of alkyl halides is 1. The highest BCUT2D eigenvalue weighted by Crippen LogP contribution is 2.26. The van der Waals surface area contributed by atoms with Crippen molar-refractivity contribution in [2.24, 2.45) is 5.73 Å². The molecule has 2 nitrogen and oxygen atoms in total. The standard InChI is InChI=1S/C10H13ClFNO/c11-9-5-7(6-12)1-2-8(9)10(14)3-4-13/h1-2,5,10,14H,3-4,6,13H2. The Morgan fingerprint density at radius 3 is 2.71 bits per heavy atom. The Hall–Kier alpha value is -0.640. The SMILES string of the molecule is NCCC(O)c1ccc(CF)cc1Cl. The Balaban J connectivity index is 2.88. The first-order valence-electron chi connectivity index (χ1n) is 4.41. The average molecular weight is 218 g/mol. The maximum atomic E-state index is 12.2.